The van der Waals surface area contributed by atoms with Gasteiger partial charge in [0.2, 0.25) is 10.0 Å². The molecular formula is C9H9BrN2O2S. The first-order valence-corrected chi connectivity index (χ1v) is 6.30. The fourth-order valence-corrected chi connectivity index (χ4v) is 2.66. The van der Waals surface area contributed by atoms with Crippen LogP contribution in [0.25, 0.3) is 0 Å². The Bertz CT molecular complexity index is 493. The van der Waals surface area contributed by atoms with E-state index in [0.29, 0.717) is 4.47 Å². The van der Waals surface area contributed by atoms with Crippen LogP contribution < -0.4 is 0 Å². The van der Waals surface area contributed by atoms with E-state index in [9.17, 15) is 8.42 Å². The fourth-order valence-electron chi connectivity index (χ4n) is 0.992. The van der Waals surface area contributed by atoms with Crippen LogP contribution >= 0.6 is 15.9 Å². The lowest BCUT2D eigenvalue weighted by Crippen LogP contribution is -2.27. The molecular weight excluding hydrogens is 280 g/mol. The van der Waals surface area contributed by atoms with E-state index in [1.54, 1.807) is 18.2 Å². The van der Waals surface area contributed by atoms with Crippen LogP contribution in [0.5, 0.6) is 0 Å². The van der Waals surface area contributed by atoms with Crippen molar-refractivity contribution in [3.63, 3.8) is 0 Å². The van der Waals surface area contributed by atoms with Gasteiger partial charge in [-0.1, -0.05) is 22.0 Å². The second kappa shape index (κ2) is 4.75. The molecule has 4 nitrogen and oxygen atoms in total. The lowest BCUT2D eigenvalue weighted by Gasteiger charge is -2.13. The molecule has 0 aliphatic heterocycles. The average Bonchev–Trinajstić information content (AvgIpc) is 2.18. The van der Waals surface area contributed by atoms with Gasteiger partial charge in [0.25, 0.3) is 0 Å². The van der Waals surface area contributed by atoms with Crippen LogP contribution in [0.2, 0.25) is 0 Å². The number of sulfonamides is 1. The van der Waals surface area contributed by atoms with Gasteiger partial charge in [-0.25, -0.2) is 8.42 Å². The van der Waals surface area contributed by atoms with Gasteiger partial charge < -0.3 is 0 Å². The van der Waals surface area contributed by atoms with Gasteiger partial charge in [0.1, 0.15) is 6.54 Å². The highest BCUT2D eigenvalue weighted by molar-refractivity contribution is 9.10. The van der Waals surface area contributed by atoms with Crippen molar-refractivity contribution < 1.29 is 8.42 Å². The van der Waals surface area contributed by atoms with Crippen LogP contribution in [-0.2, 0) is 10.0 Å². The molecule has 0 saturated carbocycles. The number of hydrogen-bond acceptors (Lipinski definition) is 3. The van der Waals surface area contributed by atoms with Crippen LogP contribution in [0, 0.1) is 11.3 Å². The quantitative estimate of drug-likeness (QED) is 0.794. The van der Waals surface area contributed by atoms with E-state index < -0.39 is 10.0 Å². The van der Waals surface area contributed by atoms with Gasteiger partial charge in [0, 0.05) is 11.5 Å². The number of halogens is 1. The minimum absolute atomic E-state index is 0.158. The van der Waals surface area contributed by atoms with E-state index in [1.165, 1.54) is 19.2 Å². The number of rotatable bonds is 3. The van der Waals surface area contributed by atoms with Crippen molar-refractivity contribution in [3.8, 4) is 6.07 Å². The van der Waals surface area contributed by atoms with E-state index in [-0.39, 0.29) is 11.4 Å². The van der Waals surface area contributed by atoms with E-state index in [0.717, 1.165) is 4.31 Å². The minimum atomic E-state index is -3.54. The summed E-state index contributed by atoms with van der Waals surface area (Å²) in [5, 5.41) is 8.44. The smallest absolute Gasteiger partial charge is 0.207 e. The van der Waals surface area contributed by atoms with Gasteiger partial charge in [0.15, 0.2) is 0 Å². The third kappa shape index (κ3) is 2.78. The summed E-state index contributed by atoms with van der Waals surface area (Å²) in [6, 6.07) is 8.17. The van der Waals surface area contributed by atoms with E-state index in [1.807, 2.05) is 0 Å². The maximum Gasteiger partial charge on any atom is 0.243 e. The summed E-state index contributed by atoms with van der Waals surface area (Å²) in [4.78, 5) is 0.176. The Kier molecular flexibility index (Phi) is 3.85. The molecule has 15 heavy (non-hydrogen) atoms. The molecule has 1 aromatic rings. The van der Waals surface area contributed by atoms with Crippen molar-refractivity contribution in [3.05, 3.63) is 28.7 Å². The zero-order valence-corrected chi connectivity index (χ0v) is 10.4. The highest BCUT2D eigenvalue weighted by Crippen LogP contribution is 2.18. The van der Waals surface area contributed by atoms with Crippen LogP contribution in [0.3, 0.4) is 0 Å². The SMILES string of the molecule is CN(CC#N)S(=O)(=O)c1cccc(Br)c1. The number of nitrogens with zero attached hydrogens (tertiary/aromatic N) is 2. The first-order valence-electron chi connectivity index (χ1n) is 4.07. The second-order valence-electron chi connectivity index (χ2n) is 2.88. The molecule has 6 heteroatoms. The van der Waals surface area contributed by atoms with E-state index in [4.69, 9.17) is 5.26 Å². The molecule has 1 aromatic carbocycles. The molecule has 0 fully saturated rings. The Labute approximate surface area is 97.3 Å². The molecule has 0 heterocycles. The largest absolute Gasteiger partial charge is 0.243 e. The zero-order chi connectivity index (χ0) is 11.5. The summed E-state index contributed by atoms with van der Waals surface area (Å²) < 4.78 is 25.4. The molecule has 0 unspecified atom stereocenters. The lowest BCUT2D eigenvalue weighted by molar-refractivity contribution is 0.501. The van der Waals surface area contributed by atoms with Crippen molar-refractivity contribution in [2.45, 2.75) is 4.90 Å². The Morgan fingerprint density at radius 1 is 1.53 bits per heavy atom. The molecule has 0 aliphatic rings. The van der Waals surface area contributed by atoms with E-state index >= 15 is 0 Å². The fraction of sp³-hybridized carbons (Fsp3) is 0.222. The number of nitriles is 1. The van der Waals surface area contributed by atoms with Crippen molar-refractivity contribution >= 4 is 26.0 Å². The second-order valence-corrected chi connectivity index (χ2v) is 5.84. The summed E-state index contributed by atoms with van der Waals surface area (Å²) in [6.07, 6.45) is 0. The minimum Gasteiger partial charge on any atom is -0.207 e. The lowest BCUT2D eigenvalue weighted by atomic mass is 10.4. The predicted molar refractivity (Wildman–Crippen MR) is 59.6 cm³/mol. The monoisotopic (exact) mass is 288 g/mol. The maximum atomic E-state index is 11.8. The number of benzene rings is 1. The van der Waals surface area contributed by atoms with Gasteiger partial charge in [0.05, 0.1) is 11.0 Å². The Morgan fingerprint density at radius 2 is 2.20 bits per heavy atom. The molecule has 1 rings (SSSR count). The van der Waals surface area contributed by atoms with Gasteiger partial charge in [-0.3, -0.25) is 0 Å². The van der Waals surface area contributed by atoms with Crippen LogP contribution in [0.15, 0.2) is 33.6 Å². The molecule has 0 spiro atoms. The highest BCUT2D eigenvalue weighted by Gasteiger charge is 2.20. The summed E-state index contributed by atoms with van der Waals surface area (Å²) in [6.45, 7) is -0.158. The Morgan fingerprint density at radius 3 is 2.73 bits per heavy atom. The normalized spacial score (nSPS) is 11.3. The van der Waals surface area contributed by atoms with Crippen molar-refractivity contribution in [1.29, 1.82) is 5.26 Å². The Balaban J connectivity index is 3.13. The third-order valence-electron chi connectivity index (χ3n) is 1.80. The van der Waals surface area contributed by atoms with Gasteiger partial charge >= 0.3 is 0 Å². The van der Waals surface area contributed by atoms with Gasteiger partial charge in [-0.2, -0.15) is 9.57 Å². The van der Waals surface area contributed by atoms with Crippen molar-refractivity contribution in [1.82, 2.24) is 4.31 Å². The zero-order valence-electron chi connectivity index (χ0n) is 8.01. The molecule has 0 radical (unpaired) electrons. The molecule has 0 saturated heterocycles. The molecule has 0 atom stereocenters. The molecule has 0 bridgehead atoms. The van der Waals surface area contributed by atoms with Gasteiger partial charge in [-0.15, -0.1) is 0 Å². The Hall–Kier alpha value is -0.900. The summed E-state index contributed by atoms with van der Waals surface area (Å²) in [5.41, 5.74) is 0. The summed E-state index contributed by atoms with van der Waals surface area (Å²) >= 11 is 3.19. The third-order valence-corrected chi connectivity index (χ3v) is 4.09. The maximum absolute atomic E-state index is 11.8. The molecule has 0 N–H and O–H groups in total. The number of hydrogen-bond donors (Lipinski definition) is 0. The van der Waals surface area contributed by atoms with Crippen LogP contribution in [0.1, 0.15) is 0 Å². The van der Waals surface area contributed by atoms with Crippen molar-refractivity contribution in [2.24, 2.45) is 0 Å². The predicted octanol–water partition coefficient (Wildman–Crippen LogP) is 1.59. The van der Waals surface area contributed by atoms with E-state index in [2.05, 4.69) is 15.9 Å². The first-order chi connectivity index (χ1) is 6.98. The molecule has 0 aliphatic carbocycles. The first kappa shape index (κ1) is 12.2. The van der Waals surface area contributed by atoms with Gasteiger partial charge in [-0.05, 0) is 18.2 Å². The molecule has 0 amide bonds. The summed E-state index contributed by atoms with van der Waals surface area (Å²) in [5.74, 6) is 0. The topological polar surface area (TPSA) is 61.2 Å². The standard InChI is InChI=1S/C9H9BrN2O2S/c1-12(6-5-11)15(13,14)9-4-2-3-8(10)7-9/h2-4,7H,6H2,1H3. The summed E-state index contributed by atoms with van der Waals surface area (Å²) in [7, 11) is -2.17. The average molecular weight is 289 g/mol. The van der Waals surface area contributed by atoms with Crippen LogP contribution in [-0.4, -0.2) is 26.3 Å². The molecule has 0 aromatic heterocycles. The highest BCUT2D eigenvalue weighted by atomic mass is 79.9. The van der Waals surface area contributed by atoms with Crippen LogP contribution in [0.4, 0.5) is 0 Å². The molecule has 80 valence electrons. The van der Waals surface area contributed by atoms with Crippen molar-refractivity contribution in [2.75, 3.05) is 13.6 Å².